The predicted molar refractivity (Wildman–Crippen MR) is 140 cm³/mol. The Hall–Kier alpha value is -3.62. The first-order valence-corrected chi connectivity index (χ1v) is 11.9. The van der Waals surface area contributed by atoms with Gasteiger partial charge in [0.15, 0.2) is 0 Å². The second kappa shape index (κ2) is 8.06. The Morgan fingerprint density at radius 1 is 0.515 bits per heavy atom. The van der Waals surface area contributed by atoms with Crippen molar-refractivity contribution in [2.75, 3.05) is 0 Å². The van der Waals surface area contributed by atoms with E-state index in [4.69, 9.17) is 4.42 Å². The van der Waals surface area contributed by atoms with Gasteiger partial charge in [-0.15, -0.1) is 0 Å². The molecule has 6 aromatic rings. The number of fused-ring (bicyclic) bond motifs is 3. The van der Waals surface area contributed by atoms with Crippen molar-refractivity contribution >= 4 is 37.9 Å². The molecule has 5 aromatic carbocycles. The van der Waals surface area contributed by atoms with E-state index in [0.29, 0.717) is 0 Å². The second-order valence-electron chi connectivity index (χ2n) is 8.27. The molecule has 0 fully saturated rings. The van der Waals surface area contributed by atoms with Crippen LogP contribution in [0.3, 0.4) is 0 Å². The van der Waals surface area contributed by atoms with E-state index in [2.05, 4.69) is 131 Å². The molecule has 0 saturated carbocycles. The van der Waals surface area contributed by atoms with Crippen LogP contribution in [0.4, 0.5) is 0 Å². The number of furan rings is 1. The van der Waals surface area contributed by atoms with Crippen molar-refractivity contribution in [2.24, 2.45) is 0 Å². The van der Waals surface area contributed by atoms with Crippen molar-refractivity contribution in [2.45, 2.75) is 5.41 Å². The highest BCUT2D eigenvalue weighted by Gasteiger charge is 2.40. The predicted octanol–water partition coefficient (Wildman–Crippen LogP) is 8.73. The zero-order chi connectivity index (χ0) is 22.3. The summed E-state index contributed by atoms with van der Waals surface area (Å²) in [5, 5.41) is 2.27. The Kier molecular flexibility index (Phi) is 4.89. The van der Waals surface area contributed by atoms with Gasteiger partial charge in [0, 0.05) is 20.8 Å². The monoisotopic (exact) mass is 488 g/mol. The standard InChI is InChI=1S/C31H21BrO/c32-25-16-9-15-24(21-25)31(22-11-3-1-4-12-22,23-13-5-2-6-14-23)28-19-10-18-27-26-17-7-8-20-29(26)33-30(27)28/h1-21H. The first kappa shape index (κ1) is 20.0. The highest BCUT2D eigenvalue weighted by Crippen LogP contribution is 2.48. The lowest BCUT2D eigenvalue weighted by Gasteiger charge is -2.36. The van der Waals surface area contributed by atoms with E-state index in [1.165, 1.54) is 16.7 Å². The van der Waals surface area contributed by atoms with E-state index >= 15 is 0 Å². The van der Waals surface area contributed by atoms with E-state index < -0.39 is 5.41 Å². The van der Waals surface area contributed by atoms with Gasteiger partial charge in [-0.05, 0) is 34.9 Å². The maximum Gasteiger partial charge on any atom is 0.140 e. The second-order valence-corrected chi connectivity index (χ2v) is 9.19. The molecule has 0 amide bonds. The molecule has 0 aliphatic heterocycles. The maximum absolute atomic E-state index is 6.57. The van der Waals surface area contributed by atoms with Crippen LogP contribution in [0.1, 0.15) is 22.3 Å². The van der Waals surface area contributed by atoms with Gasteiger partial charge in [-0.2, -0.15) is 0 Å². The summed E-state index contributed by atoms with van der Waals surface area (Å²) >= 11 is 3.73. The molecule has 0 aliphatic carbocycles. The van der Waals surface area contributed by atoms with E-state index in [-0.39, 0.29) is 0 Å². The van der Waals surface area contributed by atoms with E-state index in [1.54, 1.807) is 0 Å². The third-order valence-corrected chi connectivity index (χ3v) is 6.97. The molecule has 1 aromatic heterocycles. The summed E-state index contributed by atoms with van der Waals surface area (Å²) in [6.45, 7) is 0. The molecular weight excluding hydrogens is 468 g/mol. The van der Waals surface area contributed by atoms with Crippen LogP contribution in [-0.4, -0.2) is 0 Å². The van der Waals surface area contributed by atoms with Crippen LogP contribution in [0.5, 0.6) is 0 Å². The summed E-state index contributed by atoms with van der Waals surface area (Å²) in [5.74, 6) is 0. The lowest BCUT2D eigenvalue weighted by molar-refractivity contribution is 0.645. The molecule has 158 valence electrons. The summed E-state index contributed by atoms with van der Waals surface area (Å²) in [6.07, 6.45) is 0. The van der Waals surface area contributed by atoms with Gasteiger partial charge in [-0.3, -0.25) is 0 Å². The smallest absolute Gasteiger partial charge is 0.140 e. The Bertz CT molecular complexity index is 1530. The summed E-state index contributed by atoms with van der Waals surface area (Å²) in [4.78, 5) is 0. The number of halogens is 1. The fourth-order valence-corrected chi connectivity index (χ4v) is 5.51. The zero-order valence-corrected chi connectivity index (χ0v) is 19.5. The highest BCUT2D eigenvalue weighted by atomic mass is 79.9. The molecule has 0 aliphatic rings. The molecule has 33 heavy (non-hydrogen) atoms. The van der Waals surface area contributed by atoms with Crippen LogP contribution in [0, 0.1) is 0 Å². The molecular formula is C31H21BrO. The Morgan fingerprint density at radius 2 is 1.09 bits per heavy atom. The molecule has 1 heterocycles. The van der Waals surface area contributed by atoms with Crippen LogP contribution in [-0.2, 0) is 5.41 Å². The Labute approximate surface area is 201 Å². The van der Waals surface area contributed by atoms with Gasteiger partial charge in [-0.25, -0.2) is 0 Å². The molecule has 0 N–H and O–H groups in total. The topological polar surface area (TPSA) is 13.1 Å². The molecule has 1 nitrogen and oxygen atoms in total. The molecule has 0 atom stereocenters. The SMILES string of the molecule is Brc1cccc(C(c2ccccc2)(c2ccccc2)c2cccc3c2oc2ccccc23)c1. The van der Waals surface area contributed by atoms with E-state index in [9.17, 15) is 0 Å². The number of hydrogen-bond donors (Lipinski definition) is 0. The van der Waals surface area contributed by atoms with Crippen LogP contribution in [0.2, 0.25) is 0 Å². The summed E-state index contributed by atoms with van der Waals surface area (Å²) in [6, 6.07) is 44.9. The zero-order valence-electron chi connectivity index (χ0n) is 17.9. The normalized spacial score (nSPS) is 11.8. The average molecular weight is 489 g/mol. The van der Waals surface area contributed by atoms with Gasteiger partial charge in [0.1, 0.15) is 11.2 Å². The van der Waals surface area contributed by atoms with Crippen LogP contribution >= 0.6 is 15.9 Å². The van der Waals surface area contributed by atoms with Crippen molar-refractivity contribution in [3.05, 3.63) is 154 Å². The van der Waals surface area contributed by atoms with Gasteiger partial charge in [-0.1, -0.05) is 125 Å². The van der Waals surface area contributed by atoms with Gasteiger partial charge in [0.2, 0.25) is 0 Å². The van der Waals surface area contributed by atoms with Crippen molar-refractivity contribution in [3.63, 3.8) is 0 Å². The first-order valence-electron chi connectivity index (χ1n) is 11.1. The molecule has 2 heteroatoms. The van der Waals surface area contributed by atoms with Gasteiger partial charge >= 0.3 is 0 Å². The Balaban J connectivity index is 1.83. The molecule has 6 rings (SSSR count). The molecule has 0 saturated heterocycles. The third-order valence-electron chi connectivity index (χ3n) is 6.48. The molecule has 0 unspecified atom stereocenters. The van der Waals surface area contributed by atoms with Gasteiger partial charge in [0.25, 0.3) is 0 Å². The Morgan fingerprint density at radius 3 is 1.79 bits per heavy atom. The maximum atomic E-state index is 6.57. The van der Waals surface area contributed by atoms with Gasteiger partial charge < -0.3 is 4.42 Å². The van der Waals surface area contributed by atoms with Crippen LogP contribution in [0.25, 0.3) is 21.9 Å². The highest BCUT2D eigenvalue weighted by molar-refractivity contribution is 9.10. The average Bonchev–Trinajstić information content (AvgIpc) is 3.26. The van der Waals surface area contributed by atoms with Crippen molar-refractivity contribution in [1.29, 1.82) is 0 Å². The third kappa shape index (κ3) is 3.13. The molecule has 0 spiro atoms. The number of hydrogen-bond acceptors (Lipinski definition) is 1. The first-order chi connectivity index (χ1) is 16.3. The lowest BCUT2D eigenvalue weighted by Crippen LogP contribution is -2.31. The minimum absolute atomic E-state index is 0.556. The fraction of sp³-hybridized carbons (Fsp3) is 0.0323. The molecule has 0 radical (unpaired) electrons. The van der Waals surface area contributed by atoms with Crippen molar-refractivity contribution < 1.29 is 4.42 Å². The van der Waals surface area contributed by atoms with Gasteiger partial charge in [0.05, 0.1) is 5.41 Å². The van der Waals surface area contributed by atoms with Crippen molar-refractivity contribution in [1.82, 2.24) is 0 Å². The van der Waals surface area contributed by atoms with Crippen LogP contribution in [0.15, 0.2) is 136 Å². The van der Waals surface area contributed by atoms with E-state index in [0.717, 1.165) is 32.0 Å². The number of para-hydroxylation sites is 2. The summed E-state index contributed by atoms with van der Waals surface area (Å²) in [5.41, 5.74) is 5.98. The summed E-state index contributed by atoms with van der Waals surface area (Å²) < 4.78 is 7.62. The number of rotatable bonds is 4. The lowest BCUT2D eigenvalue weighted by atomic mass is 9.65. The minimum Gasteiger partial charge on any atom is -0.456 e. The minimum atomic E-state index is -0.556. The summed E-state index contributed by atoms with van der Waals surface area (Å²) in [7, 11) is 0. The van der Waals surface area contributed by atoms with E-state index in [1.807, 2.05) is 12.1 Å². The quantitative estimate of drug-likeness (QED) is 0.226. The fourth-order valence-electron chi connectivity index (χ4n) is 5.11. The molecule has 0 bridgehead atoms. The number of benzene rings is 5. The van der Waals surface area contributed by atoms with Crippen molar-refractivity contribution in [3.8, 4) is 0 Å². The largest absolute Gasteiger partial charge is 0.456 e. The van der Waals surface area contributed by atoms with Crippen LogP contribution < -0.4 is 0 Å².